The Kier molecular flexibility index (Phi) is 4.51. The molecule has 0 spiro atoms. The van der Waals surface area contributed by atoms with Gasteiger partial charge in [0.15, 0.2) is 6.04 Å². The molecule has 3 nitrogen and oxygen atoms in total. The molecule has 2 aromatic carbocycles. The molecule has 1 amide bonds. The van der Waals surface area contributed by atoms with Crippen LogP contribution in [-0.4, -0.2) is 22.6 Å². The van der Waals surface area contributed by atoms with Gasteiger partial charge in [0.1, 0.15) is 0 Å². The van der Waals surface area contributed by atoms with Crippen LogP contribution in [0.3, 0.4) is 0 Å². The summed E-state index contributed by atoms with van der Waals surface area (Å²) in [4.78, 5) is 11.7. The van der Waals surface area contributed by atoms with Gasteiger partial charge < -0.3 is 0 Å². The predicted octanol–water partition coefficient (Wildman–Crippen LogP) is 5.08. The number of hydrogen-bond acceptors (Lipinski definition) is 2. The van der Waals surface area contributed by atoms with Crippen LogP contribution in [0.2, 0.25) is 0 Å². The van der Waals surface area contributed by atoms with Gasteiger partial charge in [-0.15, -0.1) is 0 Å². The van der Waals surface area contributed by atoms with E-state index in [4.69, 9.17) is 0 Å². The second-order valence-electron chi connectivity index (χ2n) is 7.82. The average molecular weight is 364 g/mol. The SMILES string of the molecule is CC(C)c1cccc2cc(C(N3NC(=O)CC3(C)C)C(F)(F)F)ccc12. The van der Waals surface area contributed by atoms with E-state index < -0.39 is 23.7 Å². The number of nitrogens with one attached hydrogen (secondary N) is 1. The average Bonchev–Trinajstić information content (AvgIpc) is 2.77. The van der Waals surface area contributed by atoms with Gasteiger partial charge in [0.2, 0.25) is 5.91 Å². The lowest BCUT2D eigenvalue weighted by atomic mass is 9.92. The number of hydrazine groups is 1. The summed E-state index contributed by atoms with van der Waals surface area (Å²) < 4.78 is 41.8. The molecule has 1 saturated heterocycles. The first-order valence-electron chi connectivity index (χ1n) is 8.69. The molecule has 2 aromatic rings. The molecular formula is C20H23F3N2O. The molecule has 26 heavy (non-hydrogen) atoms. The van der Waals surface area contributed by atoms with Crippen molar-refractivity contribution in [2.45, 2.75) is 57.8 Å². The first-order chi connectivity index (χ1) is 12.0. The number of rotatable bonds is 3. The summed E-state index contributed by atoms with van der Waals surface area (Å²) in [7, 11) is 0. The van der Waals surface area contributed by atoms with Crippen LogP contribution >= 0.6 is 0 Å². The van der Waals surface area contributed by atoms with E-state index in [0.29, 0.717) is 0 Å². The number of fused-ring (bicyclic) bond motifs is 1. The summed E-state index contributed by atoms with van der Waals surface area (Å²) in [6.45, 7) is 7.40. The van der Waals surface area contributed by atoms with Gasteiger partial charge in [0.25, 0.3) is 0 Å². The number of amides is 1. The lowest BCUT2D eigenvalue weighted by Gasteiger charge is -2.38. The maximum Gasteiger partial charge on any atom is 0.409 e. The van der Waals surface area contributed by atoms with Crippen LogP contribution in [-0.2, 0) is 4.79 Å². The zero-order valence-electron chi connectivity index (χ0n) is 15.3. The molecule has 1 atom stereocenters. The zero-order chi connectivity index (χ0) is 19.3. The number of carbonyl (C=O) groups excluding carboxylic acids is 1. The van der Waals surface area contributed by atoms with Gasteiger partial charge in [0, 0.05) is 12.0 Å². The molecule has 1 unspecified atom stereocenters. The van der Waals surface area contributed by atoms with E-state index in [0.717, 1.165) is 21.3 Å². The summed E-state index contributed by atoms with van der Waals surface area (Å²) in [6, 6.07) is 8.65. The van der Waals surface area contributed by atoms with Crippen molar-refractivity contribution in [3.05, 3.63) is 47.5 Å². The molecule has 6 heteroatoms. The molecule has 0 saturated carbocycles. The van der Waals surface area contributed by atoms with Crippen LogP contribution in [0.5, 0.6) is 0 Å². The Morgan fingerprint density at radius 1 is 1.15 bits per heavy atom. The third-order valence-corrected chi connectivity index (χ3v) is 4.93. The number of alkyl halides is 3. The van der Waals surface area contributed by atoms with E-state index in [2.05, 4.69) is 19.3 Å². The van der Waals surface area contributed by atoms with Crippen molar-refractivity contribution in [3.63, 3.8) is 0 Å². The van der Waals surface area contributed by atoms with Crippen LogP contribution in [0.1, 0.15) is 57.2 Å². The van der Waals surface area contributed by atoms with Crippen molar-refractivity contribution in [2.75, 3.05) is 0 Å². The van der Waals surface area contributed by atoms with E-state index in [1.54, 1.807) is 26.0 Å². The van der Waals surface area contributed by atoms with E-state index in [-0.39, 0.29) is 17.9 Å². The summed E-state index contributed by atoms with van der Waals surface area (Å²) in [5.41, 5.74) is 2.71. The highest BCUT2D eigenvalue weighted by atomic mass is 19.4. The largest absolute Gasteiger partial charge is 0.409 e. The molecule has 140 valence electrons. The van der Waals surface area contributed by atoms with Gasteiger partial charge in [-0.2, -0.15) is 18.2 Å². The number of halogens is 3. The maximum atomic E-state index is 13.9. The minimum absolute atomic E-state index is 0.0324. The van der Waals surface area contributed by atoms with E-state index >= 15 is 0 Å². The topological polar surface area (TPSA) is 32.3 Å². The summed E-state index contributed by atoms with van der Waals surface area (Å²) in [6.07, 6.45) is -4.48. The van der Waals surface area contributed by atoms with Crippen molar-refractivity contribution in [1.82, 2.24) is 10.4 Å². The Morgan fingerprint density at radius 3 is 2.38 bits per heavy atom. The molecule has 1 N–H and O–H groups in total. The van der Waals surface area contributed by atoms with Gasteiger partial charge in [-0.05, 0) is 47.7 Å². The number of carbonyl (C=O) groups is 1. The van der Waals surface area contributed by atoms with Gasteiger partial charge in [-0.1, -0.05) is 44.2 Å². The molecule has 0 aromatic heterocycles. The predicted molar refractivity (Wildman–Crippen MR) is 95.5 cm³/mol. The second-order valence-corrected chi connectivity index (χ2v) is 7.82. The molecular weight excluding hydrogens is 341 g/mol. The maximum absolute atomic E-state index is 13.9. The summed E-state index contributed by atoms with van der Waals surface area (Å²) >= 11 is 0. The molecule has 0 aliphatic carbocycles. The van der Waals surface area contributed by atoms with Crippen LogP contribution < -0.4 is 5.43 Å². The Labute approximate surface area is 151 Å². The van der Waals surface area contributed by atoms with Crippen molar-refractivity contribution in [2.24, 2.45) is 0 Å². The van der Waals surface area contributed by atoms with Gasteiger partial charge in [-0.3, -0.25) is 10.2 Å². The lowest BCUT2D eigenvalue weighted by molar-refractivity contribution is -0.203. The molecule has 1 aliphatic rings. The van der Waals surface area contributed by atoms with E-state index in [1.165, 1.54) is 6.07 Å². The lowest BCUT2D eigenvalue weighted by Crippen LogP contribution is -2.51. The highest BCUT2D eigenvalue weighted by Gasteiger charge is 2.52. The van der Waals surface area contributed by atoms with E-state index in [9.17, 15) is 18.0 Å². The second kappa shape index (κ2) is 6.27. The van der Waals surface area contributed by atoms with Gasteiger partial charge in [-0.25, -0.2) is 0 Å². The molecule has 0 bridgehead atoms. The Hall–Kier alpha value is -2.08. The molecule has 1 fully saturated rings. The number of hydrogen-bond donors (Lipinski definition) is 1. The summed E-state index contributed by atoms with van der Waals surface area (Å²) in [5.74, 6) is -0.119. The molecule has 1 heterocycles. The minimum Gasteiger partial charge on any atom is -0.287 e. The summed E-state index contributed by atoms with van der Waals surface area (Å²) in [5, 5.41) is 2.77. The molecule has 1 aliphatic heterocycles. The van der Waals surface area contributed by atoms with Crippen molar-refractivity contribution in [1.29, 1.82) is 0 Å². The quantitative estimate of drug-likeness (QED) is 0.823. The van der Waals surface area contributed by atoms with Gasteiger partial charge >= 0.3 is 6.18 Å². The third-order valence-electron chi connectivity index (χ3n) is 4.93. The normalized spacial score (nSPS) is 19.2. The number of nitrogens with zero attached hydrogens (tertiary/aromatic N) is 1. The smallest absolute Gasteiger partial charge is 0.287 e. The van der Waals surface area contributed by atoms with Gasteiger partial charge in [0.05, 0.1) is 0 Å². The van der Waals surface area contributed by atoms with Crippen molar-refractivity contribution < 1.29 is 18.0 Å². The highest BCUT2D eigenvalue weighted by molar-refractivity contribution is 5.87. The Balaban J connectivity index is 2.12. The van der Waals surface area contributed by atoms with E-state index in [1.807, 2.05) is 18.2 Å². The molecule has 0 radical (unpaired) electrons. The molecule has 3 rings (SSSR count). The van der Waals surface area contributed by atoms with Crippen LogP contribution in [0.4, 0.5) is 13.2 Å². The van der Waals surface area contributed by atoms with Crippen molar-refractivity contribution in [3.8, 4) is 0 Å². The third kappa shape index (κ3) is 3.30. The first kappa shape index (κ1) is 18.7. The van der Waals surface area contributed by atoms with Crippen LogP contribution in [0.15, 0.2) is 36.4 Å². The fourth-order valence-electron chi connectivity index (χ4n) is 3.70. The zero-order valence-corrected chi connectivity index (χ0v) is 15.3. The Bertz CT molecular complexity index is 843. The minimum atomic E-state index is -4.52. The Morgan fingerprint density at radius 2 is 1.85 bits per heavy atom. The van der Waals surface area contributed by atoms with Crippen molar-refractivity contribution >= 4 is 16.7 Å². The highest BCUT2D eigenvalue weighted by Crippen LogP contribution is 2.43. The van der Waals surface area contributed by atoms with Crippen LogP contribution in [0.25, 0.3) is 10.8 Å². The fourth-order valence-corrected chi connectivity index (χ4v) is 3.70. The van der Waals surface area contributed by atoms with Crippen LogP contribution in [0, 0.1) is 0 Å². The monoisotopic (exact) mass is 364 g/mol. The fraction of sp³-hybridized carbons (Fsp3) is 0.450. The number of benzene rings is 2. The first-order valence-corrected chi connectivity index (χ1v) is 8.69. The standard InChI is InChI=1S/C20H23F3N2O/c1-12(2)15-7-5-6-13-10-14(8-9-16(13)15)18(20(21,22)23)25-19(3,4)11-17(26)24-25/h5-10,12,18H,11H2,1-4H3,(H,24,26).